The Morgan fingerprint density at radius 3 is 2.77 bits per heavy atom. The molecule has 0 amide bonds. The molecule has 1 aliphatic carbocycles. The molecule has 0 aromatic heterocycles. The molecule has 5 unspecified atom stereocenters. The lowest BCUT2D eigenvalue weighted by Gasteiger charge is -2.46. The molecule has 6 heteroatoms. The summed E-state index contributed by atoms with van der Waals surface area (Å²) in [5, 5.41) is 0. The van der Waals surface area contributed by atoms with Gasteiger partial charge in [0, 0.05) is 26.2 Å². The van der Waals surface area contributed by atoms with E-state index in [2.05, 4.69) is 29.2 Å². The largest absolute Gasteiger partial charge is 0.456 e. The molecule has 154 valence electrons. The molecule has 6 rings (SSSR count). The molecule has 1 saturated heterocycles. The van der Waals surface area contributed by atoms with Gasteiger partial charge in [0.1, 0.15) is 6.10 Å². The third kappa shape index (κ3) is 2.47. The molecule has 2 aromatic rings. The van der Waals surface area contributed by atoms with E-state index in [1.54, 1.807) is 19.2 Å². The molecule has 0 N–H and O–H groups in total. The fraction of sp³-hybridized carbons (Fsp3) is 0.375. The van der Waals surface area contributed by atoms with Crippen LogP contribution in [0.2, 0.25) is 0 Å². The maximum Gasteiger partial charge on any atom is 0.338 e. The summed E-state index contributed by atoms with van der Waals surface area (Å²) in [4.78, 5) is 15.4. The first-order valence-corrected chi connectivity index (χ1v) is 10.3. The van der Waals surface area contributed by atoms with Gasteiger partial charge in [0.05, 0.1) is 17.1 Å². The number of carbonyl (C=O) groups excluding carboxylic acids is 1. The highest BCUT2D eigenvalue weighted by Gasteiger charge is 2.60. The Kier molecular flexibility index (Phi) is 3.95. The van der Waals surface area contributed by atoms with Crippen molar-refractivity contribution < 1.29 is 23.7 Å². The van der Waals surface area contributed by atoms with E-state index in [-0.39, 0.29) is 31.0 Å². The van der Waals surface area contributed by atoms with Crippen LogP contribution in [-0.2, 0) is 21.4 Å². The van der Waals surface area contributed by atoms with Gasteiger partial charge in [-0.2, -0.15) is 0 Å². The zero-order valence-electron chi connectivity index (χ0n) is 16.7. The lowest BCUT2D eigenvalue weighted by atomic mass is 9.65. The number of hydrogen-bond donors (Lipinski definition) is 0. The second-order valence-electron chi connectivity index (χ2n) is 8.37. The van der Waals surface area contributed by atoms with Gasteiger partial charge in [0.2, 0.25) is 6.79 Å². The van der Waals surface area contributed by atoms with Crippen LogP contribution in [0.3, 0.4) is 0 Å². The van der Waals surface area contributed by atoms with E-state index in [0.29, 0.717) is 12.1 Å². The van der Waals surface area contributed by atoms with Crippen LogP contribution in [0.1, 0.15) is 27.9 Å². The minimum atomic E-state index is -0.423. The molecule has 0 spiro atoms. The molecule has 3 aliphatic heterocycles. The van der Waals surface area contributed by atoms with E-state index in [1.807, 2.05) is 18.2 Å². The monoisotopic (exact) mass is 405 g/mol. The highest BCUT2D eigenvalue weighted by molar-refractivity contribution is 5.89. The first kappa shape index (κ1) is 18.0. The minimum absolute atomic E-state index is 0.0600. The highest BCUT2D eigenvalue weighted by Crippen LogP contribution is 2.54. The summed E-state index contributed by atoms with van der Waals surface area (Å²) in [6, 6.07) is 13.6. The van der Waals surface area contributed by atoms with Gasteiger partial charge in [0.15, 0.2) is 11.5 Å². The number of esters is 1. The number of hydrogen-bond acceptors (Lipinski definition) is 6. The predicted molar refractivity (Wildman–Crippen MR) is 109 cm³/mol. The van der Waals surface area contributed by atoms with Crippen LogP contribution in [-0.4, -0.2) is 49.6 Å². The Bertz CT molecular complexity index is 1040. The number of ether oxygens (including phenoxy) is 4. The number of rotatable bonds is 3. The smallest absolute Gasteiger partial charge is 0.338 e. The van der Waals surface area contributed by atoms with E-state index in [4.69, 9.17) is 18.9 Å². The molecule has 2 bridgehead atoms. The van der Waals surface area contributed by atoms with E-state index >= 15 is 0 Å². The molecule has 4 aliphatic rings. The molecule has 3 heterocycles. The summed E-state index contributed by atoms with van der Waals surface area (Å²) < 4.78 is 23.1. The average Bonchev–Trinajstić information content (AvgIpc) is 3.33. The van der Waals surface area contributed by atoms with Gasteiger partial charge in [-0.25, -0.2) is 4.79 Å². The van der Waals surface area contributed by atoms with Crippen LogP contribution in [0.25, 0.3) is 0 Å². The van der Waals surface area contributed by atoms with Crippen LogP contribution < -0.4 is 9.47 Å². The van der Waals surface area contributed by atoms with E-state index in [1.165, 1.54) is 11.1 Å². The van der Waals surface area contributed by atoms with Gasteiger partial charge < -0.3 is 18.9 Å². The Morgan fingerprint density at radius 1 is 1.17 bits per heavy atom. The van der Waals surface area contributed by atoms with Gasteiger partial charge in [-0.05, 0) is 41.8 Å². The van der Waals surface area contributed by atoms with Crippen LogP contribution in [0, 0.1) is 0 Å². The van der Waals surface area contributed by atoms with Crippen molar-refractivity contribution >= 4 is 5.97 Å². The summed E-state index contributed by atoms with van der Waals surface area (Å²) in [6.45, 7) is 1.72. The average molecular weight is 405 g/mol. The molecule has 5 atom stereocenters. The standard InChI is InChI=1S/C24H23NO5/c1-27-17-7-8-24-18-11-20-19(28-14-29-20)9-16(18)12-25(21(24)10-17)13-22(24)30-23(26)15-5-3-2-4-6-15/h2-9,11,17,21-22H,10,12-14H2,1H3. The summed E-state index contributed by atoms with van der Waals surface area (Å²) >= 11 is 0. The van der Waals surface area contributed by atoms with Crippen LogP contribution in [0.4, 0.5) is 0 Å². The first-order valence-electron chi connectivity index (χ1n) is 10.3. The zero-order chi connectivity index (χ0) is 20.3. The van der Waals surface area contributed by atoms with E-state index in [0.717, 1.165) is 24.5 Å². The highest BCUT2D eigenvalue weighted by atomic mass is 16.7. The Morgan fingerprint density at radius 2 is 1.97 bits per heavy atom. The third-order valence-electron chi connectivity index (χ3n) is 6.97. The summed E-state index contributed by atoms with van der Waals surface area (Å²) in [5.74, 6) is 1.27. The van der Waals surface area contributed by atoms with E-state index < -0.39 is 5.41 Å². The number of nitrogens with zero attached hydrogens (tertiary/aromatic N) is 1. The van der Waals surface area contributed by atoms with Gasteiger partial charge in [-0.15, -0.1) is 0 Å². The van der Waals surface area contributed by atoms with Crippen molar-refractivity contribution in [3.8, 4) is 11.5 Å². The number of benzene rings is 2. The topological polar surface area (TPSA) is 57.2 Å². The number of carbonyl (C=O) groups is 1. The van der Waals surface area contributed by atoms with Crippen molar-refractivity contribution in [2.24, 2.45) is 0 Å². The Hall–Kier alpha value is -2.83. The minimum Gasteiger partial charge on any atom is -0.456 e. The second kappa shape index (κ2) is 6.59. The van der Waals surface area contributed by atoms with Gasteiger partial charge in [-0.1, -0.05) is 30.4 Å². The summed E-state index contributed by atoms with van der Waals surface area (Å²) in [5.41, 5.74) is 2.52. The van der Waals surface area contributed by atoms with Crippen molar-refractivity contribution in [3.05, 3.63) is 71.3 Å². The van der Waals surface area contributed by atoms with Crippen molar-refractivity contribution in [1.29, 1.82) is 0 Å². The third-order valence-corrected chi connectivity index (χ3v) is 6.97. The van der Waals surface area contributed by atoms with Crippen LogP contribution in [0.5, 0.6) is 11.5 Å². The molecule has 6 nitrogen and oxygen atoms in total. The summed E-state index contributed by atoms with van der Waals surface area (Å²) in [6.07, 6.45) is 4.96. The Balaban J connectivity index is 1.45. The van der Waals surface area contributed by atoms with Gasteiger partial charge >= 0.3 is 5.97 Å². The maximum absolute atomic E-state index is 12.9. The predicted octanol–water partition coefficient (Wildman–Crippen LogP) is 3.05. The SMILES string of the molecule is COC1C=CC23c4cc5c(cc4CN(CC2OC(=O)c2ccccc2)C3C1)OCO5. The van der Waals surface area contributed by atoms with Crippen molar-refractivity contribution in [1.82, 2.24) is 4.90 Å². The molecule has 30 heavy (non-hydrogen) atoms. The van der Waals surface area contributed by atoms with E-state index in [9.17, 15) is 4.79 Å². The number of methoxy groups -OCH3 is 1. The first-order chi connectivity index (χ1) is 14.7. The fourth-order valence-corrected chi connectivity index (χ4v) is 5.57. The molecular formula is C24H23NO5. The molecule has 0 radical (unpaired) electrons. The quantitative estimate of drug-likeness (QED) is 0.578. The molecular weight excluding hydrogens is 382 g/mol. The lowest BCUT2D eigenvalue weighted by Crippen LogP contribution is -2.53. The van der Waals surface area contributed by atoms with Crippen LogP contribution in [0.15, 0.2) is 54.6 Å². The summed E-state index contributed by atoms with van der Waals surface area (Å²) in [7, 11) is 1.74. The fourth-order valence-electron chi connectivity index (χ4n) is 5.57. The normalized spacial score (nSPS) is 32.4. The Labute approximate surface area is 175 Å². The van der Waals surface area contributed by atoms with Crippen molar-refractivity contribution in [3.63, 3.8) is 0 Å². The van der Waals surface area contributed by atoms with Gasteiger partial charge in [0.25, 0.3) is 0 Å². The lowest BCUT2D eigenvalue weighted by molar-refractivity contribution is 0.0187. The maximum atomic E-state index is 12.9. The number of fused-ring (bicyclic) bond motifs is 2. The van der Waals surface area contributed by atoms with Gasteiger partial charge in [-0.3, -0.25) is 4.90 Å². The second-order valence-corrected chi connectivity index (χ2v) is 8.37. The van der Waals surface area contributed by atoms with Crippen molar-refractivity contribution in [2.75, 3.05) is 20.4 Å². The zero-order valence-corrected chi connectivity index (χ0v) is 16.7. The van der Waals surface area contributed by atoms with Crippen molar-refractivity contribution in [2.45, 2.75) is 36.6 Å². The van der Waals surface area contributed by atoms with Crippen LogP contribution >= 0.6 is 0 Å². The molecule has 1 fully saturated rings. The molecule has 2 aromatic carbocycles. The molecule has 0 saturated carbocycles.